The van der Waals surface area contributed by atoms with Crippen LogP contribution in [0.1, 0.15) is 45.6 Å². The first-order valence-corrected chi connectivity index (χ1v) is 8.21. The Morgan fingerprint density at radius 2 is 2.10 bits per heavy atom. The third-order valence-electron chi connectivity index (χ3n) is 4.12. The summed E-state index contributed by atoms with van der Waals surface area (Å²) in [5.41, 5.74) is 2.46. The largest absolute Gasteiger partial charge is 0.371 e. The van der Waals surface area contributed by atoms with Crippen molar-refractivity contribution in [2.45, 2.75) is 52.6 Å². The quantitative estimate of drug-likeness (QED) is 0.882. The normalized spacial score (nSPS) is 20.2. The van der Waals surface area contributed by atoms with Crippen LogP contribution in [0.25, 0.3) is 0 Å². The fourth-order valence-corrected chi connectivity index (χ4v) is 2.95. The second-order valence-corrected chi connectivity index (χ2v) is 6.74. The molecule has 20 heavy (non-hydrogen) atoms. The Kier molecular flexibility index (Phi) is 5.74. The maximum absolute atomic E-state index is 6.43. The predicted octanol–water partition coefficient (Wildman–Crippen LogP) is 4.46. The topological polar surface area (TPSA) is 15.3 Å². The Hall–Kier alpha value is -0.730. The molecule has 2 nitrogen and oxygen atoms in total. The summed E-state index contributed by atoms with van der Waals surface area (Å²) < 4.78 is 0. The van der Waals surface area contributed by atoms with Gasteiger partial charge in [0.15, 0.2) is 0 Å². The molecule has 1 aromatic rings. The summed E-state index contributed by atoms with van der Waals surface area (Å²) in [6.45, 7) is 9.82. The molecule has 1 aliphatic rings. The first kappa shape index (κ1) is 15.7. The molecule has 3 heteroatoms. The summed E-state index contributed by atoms with van der Waals surface area (Å²) in [6, 6.07) is 7.01. The number of halogens is 1. The van der Waals surface area contributed by atoms with Gasteiger partial charge in [0.1, 0.15) is 0 Å². The minimum atomic E-state index is 0.484. The molecule has 1 aliphatic heterocycles. The van der Waals surface area contributed by atoms with Crippen molar-refractivity contribution in [1.29, 1.82) is 0 Å². The first-order valence-electron chi connectivity index (χ1n) is 7.83. The van der Waals surface area contributed by atoms with Crippen molar-refractivity contribution < 1.29 is 0 Å². The van der Waals surface area contributed by atoms with Crippen molar-refractivity contribution in [1.82, 2.24) is 5.32 Å². The van der Waals surface area contributed by atoms with Gasteiger partial charge in [0.25, 0.3) is 0 Å². The molecule has 1 atom stereocenters. The van der Waals surface area contributed by atoms with E-state index in [0.29, 0.717) is 6.04 Å². The molecule has 1 unspecified atom stereocenters. The highest BCUT2D eigenvalue weighted by Gasteiger charge is 2.15. The lowest BCUT2D eigenvalue weighted by atomic mass is 10.0. The summed E-state index contributed by atoms with van der Waals surface area (Å²) in [7, 11) is 0. The molecule has 0 saturated carbocycles. The number of hydrogen-bond donors (Lipinski definition) is 1. The molecule has 0 radical (unpaired) electrons. The minimum Gasteiger partial charge on any atom is -0.371 e. The lowest BCUT2D eigenvalue weighted by Crippen LogP contribution is -2.24. The Bertz CT molecular complexity index is 431. The molecule has 2 rings (SSSR count). The van der Waals surface area contributed by atoms with E-state index in [1.165, 1.54) is 30.5 Å². The summed E-state index contributed by atoms with van der Waals surface area (Å²) >= 11 is 6.43. The van der Waals surface area contributed by atoms with E-state index < -0.39 is 0 Å². The van der Waals surface area contributed by atoms with Crippen LogP contribution in [0.5, 0.6) is 0 Å². The molecule has 0 spiro atoms. The van der Waals surface area contributed by atoms with Gasteiger partial charge in [-0.3, -0.25) is 0 Å². The van der Waals surface area contributed by atoms with Gasteiger partial charge in [-0.1, -0.05) is 38.4 Å². The molecule has 1 aromatic carbocycles. The van der Waals surface area contributed by atoms with Crippen LogP contribution < -0.4 is 10.2 Å². The van der Waals surface area contributed by atoms with Crippen LogP contribution >= 0.6 is 11.6 Å². The van der Waals surface area contributed by atoms with Crippen LogP contribution in [0.15, 0.2) is 18.2 Å². The summed E-state index contributed by atoms with van der Waals surface area (Å²) in [4.78, 5) is 2.48. The van der Waals surface area contributed by atoms with Crippen molar-refractivity contribution in [2.75, 3.05) is 18.0 Å². The van der Waals surface area contributed by atoms with Gasteiger partial charge in [-0.05, 0) is 42.9 Å². The number of rotatable bonds is 4. The van der Waals surface area contributed by atoms with Crippen LogP contribution in [0.4, 0.5) is 5.69 Å². The molecule has 0 bridgehead atoms. The predicted molar refractivity (Wildman–Crippen MR) is 88.7 cm³/mol. The van der Waals surface area contributed by atoms with E-state index in [9.17, 15) is 0 Å². The smallest absolute Gasteiger partial charge is 0.0471 e. The molecule has 1 N–H and O–H groups in total. The first-order chi connectivity index (χ1) is 9.56. The molecule has 0 amide bonds. The lowest BCUT2D eigenvalue weighted by Gasteiger charge is -2.23. The summed E-state index contributed by atoms with van der Waals surface area (Å²) in [5.74, 6) is 0.852. The molecule has 0 aromatic heterocycles. The third-order valence-corrected chi connectivity index (χ3v) is 4.47. The monoisotopic (exact) mass is 294 g/mol. The van der Waals surface area contributed by atoms with E-state index in [1.54, 1.807) is 0 Å². The van der Waals surface area contributed by atoms with E-state index in [4.69, 9.17) is 11.6 Å². The van der Waals surface area contributed by atoms with Gasteiger partial charge in [0.05, 0.1) is 0 Å². The van der Waals surface area contributed by atoms with E-state index >= 15 is 0 Å². The van der Waals surface area contributed by atoms with Crippen molar-refractivity contribution in [3.8, 4) is 0 Å². The van der Waals surface area contributed by atoms with Gasteiger partial charge in [0.2, 0.25) is 0 Å². The maximum atomic E-state index is 6.43. The van der Waals surface area contributed by atoms with Crippen molar-refractivity contribution in [3.63, 3.8) is 0 Å². The van der Waals surface area contributed by atoms with Gasteiger partial charge in [-0.25, -0.2) is 0 Å². The zero-order valence-corrected chi connectivity index (χ0v) is 13.7. The van der Waals surface area contributed by atoms with Gasteiger partial charge in [-0.15, -0.1) is 0 Å². The molecular weight excluding hydrogens is 268 g/mol. The van der Waals surface area contributed by atoms with Crippen molar-refractivity contribution in [2.24, 2.45) is 5.92 Å². The molecule has 0 aliphatic carbocycles. The van der Waals surface area contributed by atoms with Crippen molar-refractivity contribution in [3.05, 3.63) is 28.8 Å². The lowest BCUT2D eigenvalue weighted by molar-refractivity contribution is 0.521. The van der Waals surface area contributed by atoms with Crippen LogP contribution in [0.2, 0.25) is 5.02 Å². The summed E-state index contributed by atoms with van der Waals surface area (Å²) in [6.07, 6.45) is 3.92. The van der Waals surface area contributed by atoms with Crippen LogP contribution in [0.3, 0.4) is 0 Å². The third kappa shape index (κ3) is 4.39. The molecule has 1 fully saturated rings. The van der Waals surface area contributed by atoms with E-state index in [-0.39, 0.29) is 0 Å². The highest BCUT2D eigenvalue weighted by atomic mass is 35.5. The average molecular weight is 295 g/mol. The molecular formula is C17H27ClN2. The van der Waals surface area contributed by atoms with E-state index in [2.05, 4.69) is 49.2 Å². The van der Waals surface area contributed by atoms with Crippen LogP contribution in [-0.4, -0.2) is 19.1 Å². The van der Waals surface area contributed by atoms with Gasteiger partial charge in [0, 0.05) is 36.4 Å². The zero-order valence-electron chi connectivity index (χ0n) is 13.0. The van der Waals surface area contributed by atoms with Crippen molar-refractivity contribution >= 4 is 17.3 Å². The maximum Gasteiger partial charge on any atom is 0.0471 e. The second-order valence-electron chi connectivity index (χ2n) is 6.33. The Morgan fingerprint density at radius 1 is 1.30 bits per heavy atom. The highest BCUT2D eigenvalue weighted by Crippen LogP contribution is 2.27. The Balaban J connectivity index is 2.04. The van der Waals surface area contributed by atoms with Crippen LogP contribution in [-0.2, 0) is 6.54 Å². The van der Waals surface area contributed by atoms with E-state index in [1.807, 2.05) is 0 Å². The Morgan fingerprint density at radius 3 is 2.80 bits per heavy atom. The zero-order chi connectivity index (χ0) is 14.5. The van der Waals surface area contributed by atoms with Gasteiger partial charge in [-0.2, -0.15) is 0 Å². The number of nitrogens with one attached hydrogen (secondary N) is 1. The van der Waals surface area contributed by atoms with Gasteiger partial charge < -0.3 is 10.2 Å². The number of hydrogen-bond acceptors (Lipinski definition) is 2. The van der Waals surface area contributed by atoms with Gasteiger partial charge >= 0.3 is 0 Å². The highest BCUT2D eigenvalue weighted by molar-refractivity contribution is 6.31. The number of anilines is 1. The SMILES string of the molecule is CC1CCCN(c2ccc(CNC(C)C)c(Cl)c2)CC1. The Labute approximate surface area is 128 Å². The molecule has 1 heterocycles. The standard InChI is InChI=1S/C17H27ClN2/c1-13(2)19-12-15-6-7-16(11-17(15)18)20-9-4-5-14(3)8-10-20/h6-7,11,13-14,19H,4-5,8-10,12H2,1-3H3. The minimum absolute atomic E-state index is 0.484. The number of benzene rings is 1. The average Bonchev–Trinajstić information content (AvgIpc) is 2.62. The molecule has 1 saturated heterocycles. The van der Waals surface area contributed by atoms with E-state index in [0.717, 1.165) is 30.6 Å². The van der Waals surface area contributed by atoms with Crippen LogP contribution in [0, 0.1) is 5.92 Å². The second kappa shape index (κ2) is 7.33. The summed E-state index contributed by atoms with van der Waals surface area (Å²) in [5, 5.41) is 4.30. The fraction of sp³-hybridized carbons (Fsp3) is 0.647. The number of nitrogens with zero attached hydrogens (tertiary/aromatic N) is 1. The fourth-order valence-electron chi connectivity index (χ4n) is 2.71. The molecule has 112 valence electrons.